The summed E-state index contributed by atoms with van der Waals surface area (Å²) in [6, 6.07) is 8.52. The van der Waals surface area contributed by atoms with E-state index in [1.54, 1.807) is 30.5 Å². The van der Waals surface area contributed by atoms with Crippen molar-refractivity contribution in [2.45, 2.75) is 26.3 Å². The number of rotatable bonds is 6. The fourth-order valence-corrected chi connectivity index (χ4v) is 2.10. The van der Waals surface area contributed by atoms with E-state index < -0.39 is 0 Å². The van der Waals surface area contributed by atoms with Gasteiger partial charge in [0.1, 0.15) is 0 Å². The molecule has 20 heavy (non-hydrogen) atoms. The number of aromatic nitrogens is 1. The maximum absolute atomic E-state index is 11.5. The Hall–Kier alpha value is -2.43. The zero-order valence-electron chi connectivity index (χ0n) is 11.3. The highest BCUT2D eigenvalue weighted by molar-refractivity contribution is 5.95. The molecule has 0 aliphatic rings. The first-order chi connectivity index (χ1) is 9.61. The summed E-state index contributed by atoms with van der Waals surface area (Å²) in [7, 11) is 0. The van der Waals surface area contributed by atoms with Crippen LogP contribution in [0.25, 0.3) is 0 Å². The Kier molecular flexibility index (Phi) is 4.30. The highest BCUT2D eigenvalue weighted by Gasteiger charge is 2.12. The second kappa shape index (κ2) is 6.14. The molecule has 1 heterocycles. The van der Waals surface area contributed by atoms with E-state index in [-0.39, 0.29) is 16.4 Å². The van der Waals surface area contributed by atoms with E-state index in [2.05, 4.69) is 0 Å². The van der Waals surface area contributed by atoms with Crippen LogP contribution >= 0.6 is 0 Å². The lowest BCUT2D eigenvalue weighted by Gasteiger charge is -2.04. The zero-order valence-corrected chi connectivity index (χ0v) is 11.3. The van der Waals surface area contributed by atoms with E-state index in [9.17, 15) is 14.9 Å². The highest BCUT2D eigenvalue weighted by Crippen LogP contribution is 2.18. The maximum Gasteiger partial charge on any atom is 0.272 e. The largest absolute Gasteiger partial charge is 0.353 e. The van der Waals surface area contributed by atoms with Crippen molar-refractivity contribution in [2.24, 2.45) is 0 Å². The van der Waals surface area contributed by atoms with Gasteiger partial charge < -0.3 is 4.57 Å². The topological polar surface area (TPSA) is 65.1 Å². The molecular formula is C15H16N2O3. The van der Waals surface area contributed by atoms with Gasteiger partial charge >= 0.3 is 0 Å². The number of ketones is 1. The molecule has 5 heteroatoms. The molecular weight excluding hydrogens is 256 g/mol. The molecule has 0 spiro atoms. The van der Waals surface area contributed by atoms with E-state index in [4.69, 9.17) is 0 Å². The molecule has 104 valence electrons. The van der Waals surface area contributed by atoms with Crippen molar-refractivity contribution in [3.63, 3.8) is 0 Å². The summed E-state index contributed by atoms with van der Waals surface area (Å²) < 4.78 is 1.89. The first-order valence-corrected chi connectivity index (χ1v) is 6.53. The number of aryl methyl sites for hydroxylation is 2. The molecule has 0 bridgehead atoms. The van der Waals surface area contributed by atoms with Gasteiger partial charge in [-0.2, -0.15) is 0 Å². The Balaban J connectivity index is 2.07. The average molecular weight is 272 g/mol. The zero-order chi connectivity index (χ0) is 14.5. The van der Waals surface area contributed by atoms with Gasteiger partial charge in [0, 0.05) is 42.6 Å². The lowest BCUT2D eigenvalue weighted by molar-refractivity contribution is -0.385. The van der Waals surface area contributed by atoms with Crippen LogP contribution in [0.5, 0.6) is 0 Å². The Morgan fingerprint density at radius 2 is 2.05 bits per heavy atom. The molecule has 0 N–H and O–H groups in total. The second-order valence-electron chi connectivity index (χ2n) is 4.55. The van der Waals surface area contributed by atoms with Crippen LogP contribution in [0.15, 0.2) is 42.7 Å². The van der Waals surface area contributed by atoms with Crippen molar-refractivity contribution in [1.29, 1.82) is 0 Å². The van der Waals surface area contributed by atoms with Gasteiger partial charge in [-0.05, 0) is 12.5 Å². The van der Waals surface area contributed by atoms with Gasteiger partial charge in [0.2, 0.25) is 0 Å². The minimum absolute atomic E-state index is 0.106. The molecule has 0 saturated carbocycles. The Morgan fingerprint density at radius 3 is 2.75 bits per heavy atom. The smallest absolute Gasteiger partial charge is 0.272 e. The van der Waals surface area contributed by atoms with E-state index in [0.717, 1.165) is 0 Å². The maximum atomic E-state index is 11.5. The van der Waals surface area contributed by atoms with Crippen LogP contribution in [-0.2, 0) is 13.0 Å². The first-order valence-electron chi connectivity index (χ1n) is 6.53. The third-order valence-electron chi connectivity index (χ3n) is 3.22. The number of nitrogens with zero attached hydrogens (tertiary/aromatic N) is 2. The van der Waals surface area contributed by atoms with Gasteiger partial charge in [0.05, 0.1) is 4.92 Å². The third-order valence-corrected chi connectivity index (χ3v) is 3.22. The summed E-state index contributed by atoms with van der Waals surface area (Å²) in [6.45, 7) is 2.44. The highest BCUT2D eigenvalue weighted by atomic mass is 16.6. The number of hydrogen-bond acceptors (Lipinski definition) is 3. The Bertz CT molecular complexity index is 632. The van der Waals surface area contributed by atoms with Gasteiger partial charge in [0.25, 0.3) is 5.69 Å². The molecule has 1 aromatic carbocycles. The van der Waals surface area contributed by atoms with Gasteiger partial charge in [0.15, 0.2) is 5.78 Å². The van der Waals surface area contributed by atoms with E-state index in [1.807, 2.05) is 17.7 Å². The number of para-hydroxylation sites is 1. The first kappa shape index (κ1) is 14.0. The molecule has 0 aliphatic heterocycles. The van der Waals surface area contributed by atoms with Crippen LogP contribution in [-0.4, -0.2) is 15.3 Å². The van der Waals surface area contributed by atoms with Crippen molar-refractivity contribution < 1.29 is 9.72 Å². The number of carbonyl (C=O) groups is 1. The summed E-state index contributed by atoms with van der Waals surface area (Å²) in [6.07, 6.45) is 4.66. The molecule has 1 aromatic heterocycles. The fourth-order valence-electron chi connectivity index (χ4n) is 2.10. The Morgan fingerprint density at radius 1 is 1.30 bits per heavy atom. The molecule has 0 amide bonds. The van der Waals surface area contributed by atoms with Gasteiger partial charge in [-0.25, -0.2) is 0 Å². The minimum Gasteiger partial charge on any atom is -0.353 e. The average Bonchev–Trinajstić information content (AvgIpc) is 2.93. The number of nitro groups is 1. The van der Waals surface area contributed by atoms with Crippen LogP contribution in [0.1, 0.15) is 29.3 Å². The number of hydrogen-bond donors (Lipinski definition) is 0. The molecule has 5 nitrogen and oxygen atoms in total. The standard InChI is InChI=1S/C15H16N2O3/c1-2-15(18)13-8-10-16(11-13)9-7-12-5-3-4-6-14(12)17(19)20/h3-6,8,10-11H,2,7,9H2,1H3. The number of carbonyl (C=O) groups excluding carboxylic acids is 1. The van der Waals surface area contributed by atoms with Gasteiger partial charge in [-0.15, -0.1) is 0 Å². The number of Topliss-reactive ketones (excluding diaryl/α,β-unsaturated/α-hetero) is 1. The van der Waals surface area contributed by atoms with Gasteiger partial charge in [-0.3, -0.25) is 14.9 Å². The lowest BCUT2D eigenvalue weighted by Crippen LogP contribution is -2.02. The van der Waals surface area contributed by atoms with Crippen molar-refractivity contribution in [2.75, 3.05) is 0 Å². The molecule has 0 atom stereocenters. The fraction of sp³-hybridized carbons (Fsp3) is 0.267. The van der Waals surface area contributed by atoms with Crippen molar-refractivity contribution >= 4 is 11.5 Å². The van der Waals surface area contributed by atoms with Gasteiger partial charge in [-0.1, -0.05) is 25.1 Å². The second-order valence-corrected chi connectivity index (χ2v) is 4.55. The van der Waals surface area contributed by atoms with Crippen LogP contribution in [0, 0.1) is 10.1 Å². The summed E-state index contributed by atoms with van der Waals surface area (Å²) in [5, 5.41) is 10.9. The summed E-state index contributed by atoms with van der Waals surface area (Å²) in [5.41, 5.74) is 1.54. The Labute approximate surface area is 117 Å². The molecule has 0 radical (unpaired) electrons. The molecule has 2 rings (SSSR count). The van der Waals surface area contributed by atoms with Crippen LogP contribution in [0.4, 0.5) is 5.69 Å². The van der Waals surface area contributed by atoms with Crippen LogP contribution in [0.3, 0.4) is 0 Å². The van der Waals surface area contributed by atoms with E-state index in [0.29, 0.717) is 30.5 Å². The normalized spacial score (nSPS) is 10.4. The van der Waals surface area contributed by atoms with E-state index >= 15 is 0 Å². The SMILES string of the molecule is CCC(=O)c1ccn(CCc2ccccc2[N+](=O)[O-])c1. The quantitative estimate of drug-likeness (QED) is 0.460. The van der Waals surface area contributed by atoms with Crippen molar-refractivity contribution in [3.8, 4) is 0 Å². The molecule has 2 aromatic rings. The molecule has 0 aliphatic carbocycles. The minimum atomic E-state index is -0.364. The van der Waals surface area contributed by atoms with Crippen LogP contribution in [0.2, 0.25) is 0 Å². The van der Waals surface area contributed by atoms with Crippen LogP contribution < -0.4 is 0 Å². The van der Waals surface area contributed by atoms with E-state index in [1.165, 1.54) is 6.07 Å². The molecule has 0 unspecified atom stereocenters. The summed E-state index contributed by atoms with van der Waals surface area (Å²) >= 11 is 0. The summed E-state index contributed by atoms with van der Waals surface area (Å²) in [4.78, 5) is 22.1. The van der Waals surface area contributed by atoms with Crippen molar-refractivity contribution in [1.82, 2.24) is 4.57 Å². The summed E-state index contributed by atoms with van der Waals surface area (Å²) in [5.74, 6) is 0.106. The predicted molar refractivity (Wildman–Crippen MR) is 75.9 cm³/mol. The molecule has 0 saturated heterocycles. The predicted octanol–water partition coefficient (Wildman–Crippen LogP) is 3.23. The number of nitro benzene ring substituents is 1. The third kappa shape index (κ3) is 3.12. The number of benzene rings is 1. The monoisotopic (exact) mass is 272 g/mol. The molecule has 0 fully saturated rings. The van der Waals surface area contributed by atoms with Crippen molar-refractivity contribution in [3.05, 3.63) is 64.0 Å². The lowest BCUT2D eigenvalue weighted by atomic mass is 10.1.